The Hall–Kier alpha value is -0.900. The van der Waals surface area contributed by atoms with Gasteiger partial charge >= 0.3 is 17.1 Å². The van der Waals surface area contributed by atoms with Crippen molar-refractivity contribution in [2.45, 2.75) is 74.6 Å². The zero-order chi connectivity index (χ0) is 21.0. The van der Waals surface area contributed by atoms with Gasteiger partial charge < -0.3 is 9.84 Å². The number of hydrogen-bond acceptors (Lipinski definition) is 5. The highest BCUT2D eigenvalue weighted by Crippen LogP contribution is 2.65. The number of rotatable bonds is 8. The van der Waals surface area contributed by atoms with Crippen LogP contribution in [-0.2, 0) is 19.4 Å². The third-order valence-electron chi connectivity index (χ3n) is 6.48. The van der Waals surface area contributed by atoms with Gasteiger partial charge in [0.05, 0.1) is 18.1 Å². The highest BCUT2D eigenvalue weighted by Gasteiger charge is 2.63. The van der Waals surface area contributed by atoms with Crippen LogP contribution >= 0.6 is 0 Å². The van der Waals surface area contributed by atoms with Crippen LogP contribution in [0.15, 0.2) is 0 Å². The lowest BCUT2D eigenvalue weighted by molar-refractivity contribution is -0.197. The molecular weight excluding hydrogens is 404 g/mol. The summed E-state index contributed by atoms with van der Waals surface area (Å²) in [6.07, 6.45) is 2.69. The quantitative estimate of drug-likeness (QED) is 0.363. The predicted octanol–water partition coefficient (Wildman–Crippen LogP) is 3.30. The number of hydrogen-bond donors (Lipinski definition) is 1. The average Bonchev–Trinajstić information content (AvgIpc) is 2.50. The molecule has 4 rings (SSSR count). The molecule has 4 fully saturated rings. The lowest BCUT2D eigenvalue weighted by Crippen LogP contribution is -2.59. The van der Waals surface area contributed by atoms with Crippen molar-refractivity contribution < 1.29 is 40.6 Å². The summed E-state index contributed by atoms with van der Waals surface area (Å²) in [4.78, 5) is 12.3. The van der Waals surface area contributed by atoms with Crippen molar-refractivity contribution in [1.82, 2.24) is 0 Å². The summed E-state index contributed by atoms with van der Waals surface area (Å²) >= 11 is 0. The lowest BCUT2D eigenvalue weighted by atomic mass is 9.44. The highest BCUT2D eigenvalue weighted by atomic mass is 32.2. The largest absolute Gasteiger partial charge is 0.465 e. The van der Waals surface area contributed by atoms with Crippen molar-refractivity contribution >= 4 is 15.8 Å². The number of sulfone groups is 1. The first-order valence-electron chi connectivity index (χ1n) is 9.53. The summed E-state index contributed by atoms with van der Waals surface area (Å²) in [6, 6.07) is 0. The van der Waals surface area contributed by atoms with Crippen molar-refractivity contribution in [3.8, 4) is 0 Å². The molecule has 0 saturated heterocycles. The van der Waals surface area contributed by atoms with Crippen molar-refractivity contribution in [2.24, 2.45) is 17.3 Å². The van der Waals surface area contributed by atoms with Crippen LogP contribution in [0.5, 0.6) is 0 Å². The van der Waals surface area contributed by atoms with Crippen LogP contribution in [0.3, 0.4) is 0 Å². The summed E-state index contributed by atoms with van der Waals surface area (Å²) in [6.45, 7) is -0.204. The van der Waals surface area contributed by atoms with Gasteiger partial charge in [0, 0.05) is 12.7 Å². The molecule has 4 aliphatic rings. The van der Waals surface area contributed by atoms with Gasteiger partial charge in [-0.05, 0) is 62.7 Å². The number of aliphatic hydroxyl groups is 1. The molecule has 0 radical (unpaired) electrons. The zero-order valence-electron chi connectivity index (χ0n) is 15.7. The maximum atomic E-state index is 13.5. The third kappa shape index (κ3) is 3.91. The van der Waals surface area contributed by atoms with Gasteiger partial charge in [0.2, 0.25) is 9.84 Å². The van der Waals surface area contributed by atoms with Gasteiger partial charge in [0.25, 0.3) is 0 Å². The number of unbranched alkanes of at least 4 members (excludes halogenated alkanes) is 1. The van der Waals surface area contributed by atoms with E-state index in [9.17, 15) is 35.9 Å². The van der Waals surface area contributed by atoms with Crippen LogP contribution < -0.4 is 0 Å². The number of ether oxygens (including phenoxy) is 1. The minimum Gasteiger partial charge on any atom is -0.465 e. The van der Waals surface area contributed by atoms with Crippen molar-refractivity contribution in [1.29, 1.82) is 0 Å². The maximum Gasteiger partial charge on any atom is 0.406 e. The topological polar surface area (TPSA) is 80.7 Å². The molecule has 5 nitrogen and oxygen atoms in total. The van der Waals surface area contributed by atoms with E-state index in [2.05, 4.69) is 0 Å². The van der Waals surface area contributed by atoms with E-state index in [4.69, 9.17) is 4.74 Å². The fourth-order valence-electron chi connectivity index (χ4n) is 5.53. The minimum atomic E-state index is -5.24. The first-order chi connectivity index (χ1) is 12.7. The van der Waals surface area contributed by atoms with Gasteiger partial charge in [0.1, 0.15) is 0 Å². The number of carbonyl (C=O) groups excluding carboxylic acids is 1. The average molecular weight is 430 g/mol. The van der Waals surface area contributed by atoms with Gasteiger partial charge in [-0.25, -0.2) is 8.42 Å². The number of halogens is 4. The van der Waals surface area contributed by atoms with Crippen LogP contribution in [0.4, 0.5) is 17.6 Å². The van der Waals surface area contributed by atoms with Crippen LogP contribution in [-0.4, -0.2) is 49.1 Å². The van der Waals surface area contributed by atoms with E-state index in [0.717, 1.165) is 12.8 Å². The minimum absolute atomic E-state index is 0.0128. The van der Waals surface area contributed by atoms with Crippen molar-refractivity contribution in [2.75, 3.05) is 12.9 Å². The second-order valence-corrected chi connectivity index (χ2v) is 11.2. The Morgan fingerprint density at radius 1 is 1.11 bits per heavy atom. The molecule has 0 aliphatic heterocycles. The van der Waals surface area contributed by atoms with E-state index >= 15 is 0 Å². The number of alkyl halides is 4. The molecule has 28 heavy (non-hydrogen) atoms. The van der Waals surface area contributed by atoms with E-state index in [1.165, 1.54) is 0 Å². The Bertz CT molecular complexity index is 726. The smallest absolute Gasteiger partial charge is 0.406 e. The molecule has 1 N–H and O–H groups in total. The zero-order valence-corrected chi connectivity index (χ0v) is 16.5. The molecule has 162 valence electrons. The van der Waals surface area contributed by atoms with Crippen molar-refractivity contribution in [3.63, 3.8) is 0 Å². The van der Waals surface area contributed by atoms with Gasteiger partial charge in [0.15, 0.2) is 0 Å². The van der Waals surface area contributed by atoms with Gasteiger partial charge in [-0.2, -0.15) is 17.6 Å². The Labute approximate surface area is 161 Å². The van der Waals surface area contributed by atoms with Crippen LogP contribution in [0.2, 0.25) is 0 Å². The third-order valence-corrected chi connectivity index (χ3v) is 7.71. The number of carbonyl (C=O) groups is 1. The molecule has 0 aromatic rings. The fraction of sp³-hybridized carbons (Fsp3) is 0.944. The van der Waals surface area contributed by atoms with E-state index in [-0.39, 0.29) is 24.7 Å². The first kappa shape index (κ1) is 21.8. The number of esters is 1. The molecule has 3 bridgehead atoms. The molecule has 1 spiro atoms. The van der Waals surface area contributed by atoms with Crippen LogP contribution in [0.1, 0.15) is 57.8 Å². The molecule has 10 heteroatoms. The highest BCUT2D eigenvalue weighted by molar-refractivity contribution is 7.91. The molecule has 2 unspecified atom stereocenters. The second kappa shape index (κ2) is 6.82. The Kier molecular flexibility index (Phi) is 5.31. The maximum absolute atomic E-state index is 13.5. The van der Waals surface area contributed by atoms with Gasteiger partial charge in [-0.15, -0.1) is 0 Å². The normalized spacial score (nSPS) is 35.2. The molecule has 0 amide bonds. The van der Waals surface area contributed by atoms with E-state index in [1.54, 1.807) is 0 Å². The standard InChI is InChI=1S/C18H26F4O5S/c1-28(25,26)18(21,22)17(19,20)4-2-3-5-27-14(23)13-9-15-6-12(7-15)8-16(24,10-13)11-15/h12-13,24H,2-11H2,1H3. The molecular formula is C18H26F4O5S. The monoisotopic (exact) mass is 430 g/mol. The van der Waals surface area contributed by atoms with E-state index in [1.807, 2.05) is 0 Å². The summed E-state index contributed by atoms with van der Waals surface area (Å²) in [5, 5.41) is 5.51. The fourth-order valence-corrected chi connectivity index (χ4v) is 6.18. The Morgan fingerprint density at radius 3 is 2.32 bits per heavy atom. The molecule has 0 heterocycles. The van der Waals surface area contributed by atoms with Gasteiger partial charge in [-0.1, -0.05) is 0 Å². The molecule has 0 aromatic carbocycles. The van der Waals surface area contributed by atoms with Crippen LogP contribution in [0, 0.1) is 17.3 Å². The molecule has 0 aromatic heterocycles. The lowest BCUT2D eigenvalue weighted by Gasteiger charge is -2.63. The molecule has 2 atom stereocenters. The summed E-state index contributed by atoms with van der Waals surface area (Å²) < 4.78 is 80.6. The summed E-state index contributed by atoms with van der Waals surface area (Å²) in [5.74, 6) is -5.08. The first-order valence-corrected chi connectivity index (χ1v) is 11.4. The molecule has 4 aliphatic carbocycles. The predicted molar refractivity (Wildman–Crippen MR) is 91.6 cm³/mol. The van der Waals surface area contributed by atoms with E-state index in [0.29, 0.717) is 31.6 Å². The van der Waals surface area contributed by atoms with E-state index < -0.39 is 51.3 Å². The Morgan fingerprint density at radius 2 is 1.75 bits per heavy atom. The SMILES string of the molecule is CS(=O)(=O)C(F)(F)C(F)(F)CCCCOC(=O)C1CC2(O)CC3CC(C3)(C1)C2. The molecule has 4 saturated carbocycles. The van der Waals surface area contributed by atoms with Crippen molar-refractivity contribution in [3.05, 3.63) is 0 Å². The Balaban J connectivity index is 1.43. The van der Waals surface area contributed by atoms with Crippen LogP contribution in [0.25, 0.3) is 0 Å². The second-order valence-electron chi connectivity index (χ2n) is 9.10. The summed E-state index contributed by atoms with van der Waals surface area (Å²) in [5.41, 5.74) is -0.818. The summed E-state index contributed by atoms with van der Waals surface area (Å²) in [7, 11) is -5.24. The van der Waals surface area contributed by atoms with Gasteiger partial charge in [-0.3, -0.25) is 4.79 Å².